The zero-order valence-electron chi connectivity index (χ0n) is 10.1. The first kappa shape index (κ1) is 10.8. The van der Waals surface area contributed by atoms with Gasteiger partial charge < -0.3 is 9.52 Å². The molecule has 2 aromatic carbocycles. The maximum Gasteiger partial charge on any atom is 0.227 e. The number of phenols is 1. The van der Waals surface area contributed by atoms with Gasteiger partial charge in [0.15, 0.2) is 5.58 Å². The summed E-state index contributed by atoms with van der Waals surface area (Å²) < 4.78 is 5.69. The maximum absolute atomic E-state index is 9.46. The topological polar surface area (TPSA) is 46.3 Å². The number of hydrogen-bond donors (Lipinski definition) is 1. The van der Waals surface area contributed by atoms with Gasteiger partial charge >= 0.3 is 0 Å². The molecule has 0 bridgehead atoms. The Bertz CT molecular complexity index is 701. The molecule has 90 valence electrons. The second kappa shape index (κ2) is 4.18. The molecule has 1 heterocycles. The van der Waals surface area contributed by atoms with E-state index in [9.17, 15) is 5.11 Å². The SMILES string of the molecule is CCc1ccc2oc(-c3cccc(O)c3)nc2c1. The molecule has 0 atom stereocenters. The van der Waals surface area contributed by atoms with Crippen molar-refractivity contribution in [2.75, 3.05) is 0 Å². The van der Waals surface area contributed by atoms with Crippen molar-refractivity contribution in [3.05, 3.63) is 48.0 Å². The van der Waals surface area contributed by atoms with Crippen molar-refractivity contribution in [3.63, 3.8) is 0 Å². The Balaban J connectivity index is 2.13. The molecule has 3 aromatic rings. The standard InChI is InChI=1S/C15H13NO2/c1-2-10-6-7-14-13(8-10)16-15(18-14)11-4-3-5-12(17)9-11/h3-9,17H,2H2,1H3. The lowest BCUT2D eigenvalue weighted by atomic mass is 10.1. The fourth-order valence-electron chi connectivity index (χ4n) is 1.96. The summed E-state index contributed by atoms with van der Waals surface area (Å²) in [7, 11) is 0. The second-order valence-corrected chi connectivity index (χ2v) is 4.22. The van der Waals surface area contributed by atoms with E-state index < -0.39 is 0 Å². The molecule has 0 unspecified atom stereocenters. The molecule has 3 heteroatoms. The van der Waals surface area contributed by atoms with E-state index in [0.717, 1.165) is 23.1 Å². The summed E-state index contributed by atoms with van der Waals surface area (Å²) in [6.07, 6.45) is 0.976. The van der Waals surface area contributed by atoms with E-state index >= 15 is 0 Å². The lowest BCUT2D eigenvalue weighted by Crippen LogP contribution is -1.79. The number of oxazole rings is 1. The van der Waals surface area contributed by atoms with Crippen LogP contribution >= 0.6 is 0 Å². The quantitative estimate of drug-likeness (QED) is 0.740. The monoisotopic (exact) mass is 239 g/mol. The van der Waals surface area contributed by atoms with Crippen LogP contribution in [0, 0.1) is 0 Å². The smallest absolute Gasteiger partial charge is 0.227 e. The normalized spacial score (nSPS) is 10.9. The molecule has 1 aromatic heterocycles. The van der Waals surface area contributed by atoms with Gasteiger partial charge in [-0.1, -0.05) is 19.1 Å². The van der Waals surface area contributed by atoms with Gasteiger partial charge in [0.25, 0.3) is 0 Å². The van der Waals surface area contributed by atoms with E-state index in [2.05, 4.69) is 11.9 Å². The van der Waals surface area contributed by atoms with Crippen LogP contribution in [0.5, 0.6) is 5.75 Å². The Morgan fingerprint density at radius 2 is 2.06 bits per heavy atom. The molecular formula is C15H13NO2. The van der Waals surface area contributed by atoms with Crippen molar-refractivity contribution in [1.82, 2.24) is 4.98 Å². The molecule has 1 N–H and O–H groups in total. The summed E-state index contributed by atoms with van der Waals surface area (Å²) in [4.78, 5) is 4.45. The maximum atomic E-state index is 9.46. The predicted molar refractivity (Wildman–Crippen MR) is 70.5 cm³/mol. The summed E-state index contributed by atoms with van der Waals surface area (Å²) in [5, 5.41) is 9.46. The van der Waals surface area contributed by atoms with E-state index in [4.69, 9.17) is 4.42 Å². The van der Waals surface area contributed by atoms with E-state index in [-0.39, 0.29) is 5.75 Å². The first-order chi connectivity index (χ1) is 8.76. The number of nitrogens with zero attached hydrogens (tertiary/aromatic N) is 1. The summed E-state index contributed by atoms with van der Waals surface area (Å²) >= 11 is 0. The molecule has 0 saturated carbocycles. The number of benzene rings is 2. The molecule has 0 aliphatic rings. The highest BCUT2D eigenvalue weighted by Gasteiger charge is 2.08. The molecular weight excluding hydrogens is 226 g/mol. The molecule has 0 aliphatic carbocycles. The van der Waals surface area contributed by atoms with Crippen LogP contribution in [0.4, 0.5) is 0 Å². The van der Waals surface area contributed by atoms with E-state index in [0.29, 0.717) is 5.89 Å². The minimum Gasteiger partial charge on any atom is -0.508 e. The molecule has 0 spiro atoms. The average molecular weight is 239 g/mol. The fraction of sp³-hybridized carbons (Fsp3) is 0.133. The largest absolute Gasteiger partial charge is 0.508 e. The van der Waals surface area contributed by atoms with Gasteiger partial charge in [-0.3, -0.25) is 0 Å². The predicted octanol–water partition coefficient (Wildman–Crippen LogP) is 3.76. The number of aromatic hydroxyl groups is 1. The third-order valence-corrected chi connectivity index (χ3v) is 2.95. The van der Waals surface area contributed by atoms with Gasteiger partial charge in [-0.2, -0.15) is 0 Å². The van der Waals surface area contributed by atoms with Gasteiger partial charge in [0.05, 0.1) is 0 Å². The van der Waals surface area contributed by atoms with E-state index in [1.807, 2.05) is 24.3 Å². The zero-order chi connectivity index (χ0) is 12.5. The van der Waals surface area contributed by atoms with Crippen molar-refractivity contribution >= 4 is 11.1 Å². The van der Waals surface area contributed by atoms with Crippen LogP contribution in [0.15, 0.2) is 46.9 Å². The third-order valence-electron chi connectivity index (χ3n) is 2.95. The van der Waals surface area contributed by atoms with Crippen molar-refractivity contribution in [1.29, 1.82) is 0 Å². The van der Waals surface area contributed by atoms with Crippen LogP contribution in [0.2, 0.25) is 0 Å². The minimum atomic E-state index is 0.212. The van der Waals surface area contributed by atoms with Gasteiger partial charge in [0.2, 0.25) is 5.89 Å². The first-order valence-corrected chi connectivity index (χ1v) is 5.95. The third kappa shape index (κ3) is 1.84. The summed E-state index contributed by atoms with van der Waals surface area (Å²) in [5.74, 6) is 0.748. The van der Waals surface area contributed by atoms with Crippen LogP contribution in [0.1, 0.15) is 12.5 Å². The number of rotatable bonds is 2. The summed E-state index contributed by atoms with van der Waals surface area (Å²) in [6.45, 7) is 2.11. The molecule has 0 fully saturated rings. The van der Waals surface area contributed by atoms with Crippen molar-refractivity contribution in [3.8, 4) is 17.2 Å². The molecule has 0 amide bonds. The highest BCUT2D eigenvalue weighted by molar-refractivity contribution is 5.77. The van der Waals surface area contributed by atoms with Gasteiger partial charge in [0, 0.05) is 5.56 Å². The Kier molecular flexibility index (Phi) is 2.52. The van der Waals surface area contributed by atoms with Crippen molar-refractivity contribution in [2.24, 2.45) is 0 Å². The van der Waals surface area contributed by atoms with Crippen LogP contribution < -0.4 is 0 Å². The Morgan fingerprint density at radius 3 is 2.83 bits per heavy atom. The first-order valence-electron chi connectivity index (χ1n) is 5.95. The lowest BCUT2D eigenvalue weighted by Gasteiger charge is -1.95. The van der Waals surface area contributed by atoms with E-state index in [1.54, 1.807) is 18.2 Å². The van der Waals surface area contributed by atoms with Gasteiger partial charge in [0.1, 0.15) is 11.3 Å². The zero-order valence-corrected chi connectivity index (χ0v) is 10.1. The fourth-order valence-corrected chi connectivity index (χ4v) is 1.96. The molecule has 0 aliphatic heterocycles. The number of phenolic OH excluding ortho intramolecular Hbond substituents is 1. The Hall–Kier alpha value is -2.29. The second-order valence-electron chi connectivity index (χ2n) is 4.22. The average Bonchev–Trinajstić information content (AvgIpc) is 2.81. The van der Waals surface area contributed by atoms with Crippen LogP contribution in [0.3, 0.4) is 0 Å². The highest BCUT2D eigenvalue weighted by Crippen LogP contribution is 2.26. The lowest BCUT2D eigenvalue weighted by molar-refractivity contribution is 0.475. The minimum absolute atomic E-state index is 0.212. The van der Waals surface area contributed by atoms with Crippen LogP contribution in [-0.4, -0.2) is 10.1 Å². The highest BCUT2D eigenvalue weighted by atomic mass is 16.3. The molecule has 0 saturated heterocycles. The number of fused-ring (bicyclic) bond motifs is 1. The number of hydrogen-bond acceptors (Lipinski definition) is 3. The van der Waals surface area contributed by atoms with Crippen molar-refractivity contribution in [2.45, 2.75) is 13.3 Å². The molecule has 3 nitrogen and oxygen atoms in total. The molecule has 18 heavy (non-hydrogen) atoms. The van der Waals surface area contributed by atoms with Crippen LogP contribution in [-0.2, 0) is 6.42 Å². The number of aryl methyl sites for hydroxylation is 1. The Morgan fingerprint density at radius 1 is 1.17 bits per heavy atom. The van der Waals surface area contributed by atoms with Gasteiger partial charge in [-0.15, -0.1) is 0 Å². The van der Waals surface area contributed by atoms with Gasteiger partial charge in [-0.25, -0.2) is 4.98 Å². The van der Waals surface area contributed by atoms with Gasteiger partial charge in [-0.05, 0) is 42.3 Å². The molecule has 0 radical (unpaired) electrons. The Labute approximate surface area is 105 Å². The van der Waals surface area contributed by atoms with Crippen LogP contribution in [0.25, 0.3) is 22.6 Å². The summed E-state index contributed by atoms with van der Waals surface area (Å²) in [6, 6.07) is 12.9. The van der Waals surface area contributed by atoms with E-state index in [1.165, 1.54) is 5.56 Å². The van der Waals surface area contributed by atoms with Crippen molar-refractivity contribution < 1.29 is 9.52 Å². The summed E-state index contributed by atoms with van der Waals surface area (Å²) in [5.41, 5.74) is 3.64. The number of aromatic nitrogens is 1. The molecule has 3 rings (SSSR count).